The highest BCUT2D eigenvalue weighted by Crippen LogP contribution is 2.10. The summed E-state index contributed by atoms with van der Waals surface area (Å²) in [5, 5.41) is 11.7. The molecule has 0 radical (unpaired) electrons. The number of ether oxygens (including phenoxy) is 2. The van der Waals surface area contributed by atoms with Crippen LogP contribution in [0.5, 0.6) is 0 Å². The first-order valence-corrected chi connectivity index (χ1v) is 11.3. The Hall–Kier alpha value is -4.08. The second-order valence-electron chi connectivity index (χ2n) is 8.04. The van der Waals surface area contributed by atoms with Crippen LogP contribution in [0.2, 0.25) is 0 Å². The molecule has 0 bridgehead atoms. The summed E-state index contributed by atoms with van der Waals surface area (Å²) in [7, 11) is 1.50. The van der Waals surface area contributed by atoms with Crippen LogP contribution in [-0.2, 0) is 36.9 Å². The fourth-order valence-corrected chi connectivity index (χ4v) is 3.35. The molecule has 0 spiro atoms. The number of benzene rings is 2. The number of rotatable bonds is 10. The van der Waals surface area contributed by atoms with Crippen molar-refractivity contribution in [2.24, 2.45) is 5.16 Å². The zero-order valence-electron chi connectivity index (χ0n) is 19.7. The molecule has 1 aliphatic heterocycles. The van der Waals surface area contributed by atoms with E-state index in [-0.39, 0.29) is 25.7 Å². The van der Waals surface area contributed by atoms with Crippen molar-refractivity contribution in [3.63, 3.8) is 0 Å². The van der Waals surface area contributed by atoms with Crippen molar-refractivity contribution < 1.29 is 28.7 Å². The molecular weight excluding hydrogens is 452 g/mol. The monoisotopic (exact) mass is 482 g/mol. The quantitative estimate of drug-likeness (QED) is 0.475. The Labute approximate surface area is 204 Å². The Bertz CT molecular complexity index is 1020. The van der Waals surface area contributed by atoms with Gasteiger partial charge in [-0.1, -0.05) is 65.8 Å². The van der Waals surface area contributed by atoms with E-state index in [9.17, 15) is 14.4 Å². The lowest BCUT2D eigenvalue weighted by atomic mass is 10.1. The molecule has 10 heteroatoms. The molecule has 186 valence electrons. The summed E-state index contributed by atoms with van der Waals surface area (Å²) >= 11 is 0. The minimum absolute atomic E-state index is 0.0723. The van der Waals surface area contributed by atoms with Crippen molar-refractivity contribution >= 4 is 23.8 Å². The normalized spacial score (nSPS) is 16.2. The van der Waals surface area contributed by atoms with E-state index in [0.29, 0.717) is 12.3 Å². The molecule has 0 saturated carbocycles. The summed E-state index contributed by atoms with van der Waals surface area (Å²) < 4.78 is 10.3. The summed E-state index contributed by atoms with van der Waals surface area (Å²) in [6, 6.07) is 16.7. The molecule has 10 nitrogen and oxygen atoms in total. The topological polar surface area (TPSA) is 127 Å². The summed E-state index contributed by atoms with van der Waals surface area (Å²) in [5.74, 6) is -0.437. The van der Waals surface area contributed by atoms with Gasteiger partial charge in [-0.15, -0.1) is 0 Å². The molecule has 2 aromatic carbocycles. The third-order valence-electron chi connectivity index (χ3n) is 5.30. The maximum Gasteiger partial charge on any atom is 0.408 e. The Morgan fingerprint density at radius 2 is 1.66 bits per heavy atom. The molecule has 3 amide bonds. The number of hydrogen-bond donors (Lipinski definition) is 3. The number of carbonyl (C=O) groups excluding carboxylic acids is 3. The Morgan fingerprint density at radius 1 is 1.00 bits per heavy atom. The van der Waals surface area contributed by atoms with Crippen molar-refractivity contribution in [2.75, 3.05) is 13.7 Å². The predicted molar refractivity (Wildman–Crippen MR) is 128 cm³/mol. The van der Waals surface area contributed by atoms with Crippen LogP contribution in [0, 0.1) is 0 Å². The summed E-state index contributed by atoms with van der Waals surface area (Å²) in [5.41, 5.74) is 1.67. The number of amides is 3. The van der Waals surface area contributed by atoms with Gasteiger partial charge in [0.2, 0.25) is 17.7 Å². The van der Waals surface area contributed by atoms with Crippen LogP contribution in [0.4, 0.5) is 4.79 Å². The highest BCUT2D eigenvalue weighted by Gasteiger charge is 2.27. The van der Waals surface area contributed by atoms with E-state index in [0.717, 1.165) is 11.1 Å². The maximum absolute atomic E-state index is 13.0. The molecule has 1 unspecified atom stereocenters. The lowest BCUT2D eigenvalue weighted by Gasteiger charge is -2.21. The molecule has 0 saturated heterocycles. The highest BCUT2D eigenvalue weighted by molar-refractivity contribution is 5.91. The largest absolute Gasteiger partial charge is 0.482 e. The van der Waals surface area contributed by atoms with Crippen LogP contribution in [0.3, 0.4) is 0 Å². The predicted octanol–water partition coefficient (Wildman–Crippen LogP) is 1.89. The van der Waals surface area contributed by atoms with E-state index < -0.39 is 30.0 Å². The van der Waals surface area contributed by atoms with Crippen molar-refractivity contribution in [1.29, 1.82) is 0 Å². The molecule has 3 rings (SSSR count). The Morgan fingerprint density at radius 3 is 2.29 bits per heavy atom. The maximum atomic E-state index is 13.0. The van der Waals surface area contributed by atoms with Crippen molar-refractivity contribution in [1.82, 2.24) is 16.0 Å². The molecule has 0 fully saturated rings. The first-order valence-electron chi connectivity index (χ1n) is 11.3. The van der Waals surface area contributed by atoms with Crippen LogP contribution in [-0.4, -0.2) is 55.6 Å². The molecule has 3 atom stereocenters. The van der Waals surface area contributed by atoms with Crippen molar-refractivity contribution in [3.05, 3.63) is 71.8 Å². The van der Waals surface area contributed by atoms with Crippen molar-refractivity contribution in [3.8, 4) is 0 Å². The zero-order chi connectivity index (χ0) is 25.0. The highest BCUT2D eigenvalue weighted by atomic mass is 16.7. The van der Waals surface area contributed by atoms with E-state index in [2.05, 4.69) is 21.1 Å². The molecule has 3 N–H and O–H groups in total. The number of hydrogen-bond acceptors (Lipinski definition) is 7. The van der Waals surface area contributed by atoms with Gasteiger partial charge < -0.3 is 30.3 Å². The average Bonchev–Trinajstić information content (AvgIpc) is 3.35. The Kier molecular flexibility index (Phi) is 9.47. The van der Waals surface area contributed by atoms with Crippen LogP contribution in [0.1, 0.15) is 24.5 Å². The van der Waals surface area contributed by atoms with Gasteiger partial charge in [0, 0.05) is 6.42 Å². The Balaban J connectivity index is 1.53. The van der Waals surface area contributed by atoms with Crippen LogP contribution in [0.25, 0.3) is 0 Å². The van der Waals surface area contributed by atoms with Crippen LogP contribution in [0.15, 0.2) is 65.8 Å². The number of alkyl carbamates (subject to hydrolysis) is 1. The van der Waals surface area contributed by atoms with Gasteiger partial charge in [-0.2, -0.15) is 0 Å². The smallest absolute Gasteiger partial charge is 0.408 e. The van der Waals surface area contributed by atoms with Gasteiger partial charge in [0.25, 0.3) is 0 Å². The summed E-state index contributed by atoms with van der Waals surface area (Å²) in [6.07, 6.45) is -0.377. The van der Waals surface area contributed by atoms with Crippen molar-refractivity contribution in [2.45, 2.75) is 44.6 Å². The number of oxime groups is 1. The minimum Gasteiger partial charge on any atom is -0.482 e. The van der Waals surface area contributed by atoms with Gasteiger partial charge in [-0.25, -0.2) is 4.79 Å². The van der Waals surface area contributed by atoms with Gasteiger partial charge in [0.1, 0.15) is 18.7 Å². The third kappa shape index (κ3) is 8.33. The SMILES string of the molecule is COC1=NOC(CNC(=O)[C@H](C)NC(=O)[C@H](Cc2ccccc2)NC(=O)OCc2ccccc2)C1. The van der Waals surface area contributed by atoms with E-state index in [1.165, 1.54) is 7.11 Å². The van der Waals surface area contributed by atoms with Gasteiger partial charge in [0.05, 0.1) is 20.1 Å². The van der Waals surface area contributed by atoms with Gasteiger partial charge in [0.15, 0.2) is 6.10 Å². The van der Waals surface area contributed by atoms with Crippen LogP contribution < -0.4 is 16.0 Å². The van der Waals surface area contributed by atoms with Gasteiger partial charge in [-0.05, 0) is 18.1 Å². The van der Waals surface area contributed by atoms with E-state index in [1.54, 1.807) is 6.92 Å². The molecule has 0 aromatic heterocycles. The summed E-state index contributed by atoms with van der Waals surface area (Å²) in [4.78, 5) is 43.1. The van der Waals surface area contributed by atoms with Crippen LogP contribution >= 0.6 is 0 Å². The minimum atomic E-state index is -0.938. The number of nitrogens with one attached hydrogen (secondary N) is 3. The standard InChI is InChI=1S/C25H30N4O6/c1-17(23(30)26-15-20-14-22(33-2)29-35-20)27-24(31)21(13-18-9-5-3-6-10-18)28-25(32)34-16-19-11-7-4-8-12-19/h3-12,17,20-21H,13-16H2,1-2H3,(H,26,30)(H,27,31)(H,28,32)/t17-,20?,21-/m0/s1. The molecule has 1 heterocycles. The second-order valence-corrected chi connectivity index (χ2v) is 8.04. The molecule has 35 heavy (non-hydrogen) atoms. The molecular formula is C25H30N4O6. The number of carbonyl (C=O) groups is 3. The zero-order valence-corrected chi connectivity index (χ0v) is 19.7. The number of nitrogens with zero attached hydrogens (tertiary/aromatic N) is 1. The van der Waals surface area contributed by atoms with E-state index in [1.807, 2.05) is 60.7 Å². The fraction of sp³-hybridized carbons (Fsp3) is 0.360. The van der Waals surface area contributed by atoms with E-state index >= 15 is 0 Å². The third-order valence-corrected chi connectivity index (χ3v) is 5.30. The lowest BCUT2D eigenvalue weighted by molar-refractivity contribution is -0.129. The second kappa shape index (κ2) is 13.0. The van der Waals surface area contributed by atoms with Gasteiger partial charge >= 0.3 is 6.09 Å². The van der Waals surface area contributed by atoms with Gasteiger partial charge in [-0.3, -0.25) is 9.59 Å². The summed E-state index contributed by atoms with van der Waals surface area (Å²) in [6.45, 7) is 1.85. The van der Waals surface area contributed by atoms with E-state index in [4.69, 9.17) is 14.3 Å². The first-order chi connectivity index (χ1) is 16.9. The molecule has 0 aliphatic carbocycles. The number of methoxy groups -OCH3 is 1. The first kappa shape index (κ1) is 25.5. The fourth-order valence-electron chi connectivity index (χ4n) is 3.35. The lowest BCUT2D eigenvalue weighted by Crippen LogP contribution is -2.54. The average molecular weight is 483 g/mol. The molecule has 1 aliphatic rings. The molecule has 2 aromatic rings.